The van der Waals surface area contributed by atoms with Crippen molar-refractivity contribution in [3.8, 4) is 11.5 Å². The summed E-state index contributed by atoms with van der Waals surface area (Å²) >= 11 is 0. The average Bonchev–Trinajstić information content (AvgIpc) is 2.85. The molecule has 6 nitrogen and oxygen atoms in total. The Morgan fingerprint density at radius 1 is 1.44 bits per heavy atom. The van der Waals surface area contributed by atoms with E-state index < -0.39 is 5.97 Å². The lowest BCUT2D eigenvalue weighted by atomic mass is 10.2. The lowest BCUT2D eigenvalue weighted by Gasteiger charge is -1.91. The smallest absolute Gasteiger partial charge is 0.303 e. The molecule has 0 bridgehead atoms. The number of aromatic nitrogens is 2. The van der Waals surface area contributed by atoms with Gasteiger partial charge in [-0.05, 0) is 12.5 Å². The predicted molar refractivity (Wildman–Crippen MR) is 52.6 cm³/mol. The Hall–Kier alpha value is -2.11. The van der Waals surface area contributed by atoms with Crippen LogP contribution in [0.3, 0.4) is 0 Å². The highest BCUT2D eigenvalue weighted by atomic mass is 16.4. The van der Waals surface area contributed by atoms with E-state index in [2.05, 4.69) is 10.2 Å². The predicted octanol–water partition coefficient (Wildman–Crippen LogP) is 1.74. The largest absolute Gasteiger partial charge is 0.481 e. The first-order valence-electron chi connectivity index (χ1n) is 4.82. The maximum absolute atomic E-state index is 10.3. The third kappa shape index (κ3) is 2.47. The summed E-state index contributed by atoms with van der Waals surface area (Å²) < 4.78 is 10.2. The van der Waals surface area contributed by atoms with Crippen LogP contribution in [0.15, 0.2) is 27.4 Å². The molecule has 0 fully saturated rings. The molecule has 0 radical (unpaired) electrons. The molecule has 2 aromatic heterocycles. The number of carboxylic acids is 1. The van der Waals surface area contributed by atoms with Gasteiger partial charge in [0.1, 0.15) is 6.26 Å². The number of aliphatic carboxylic acids is 1. The number of furan rings is 1. The first-order chi connectivity index (χ1) is 7.75. The number of aryl methyl sites for hydroxylation is 1. The van der Waals surface area contributed by atoms with Crippen molar-refractivity contribution in [3.63, 3.8) is 0 Å². The van der Waals surface area contributed by atoms with E-state index in [1.165, 1.54) is 12.5 Å². The number of carbonyl (C=O) groups is 1. The molecule has 0 aliphatic heterocycles. The van der Waals surface area contributed by atoms with Gasteiger partial charge in [0.2, 0.25) is 5.89 Å². The molecule has 0 aromatic carbocycles. The van der Waals surface area contributed by atoms with E-state index in [0.29, 0.717) is 24.6 Å². The lowest BCUT2D eigenvalue weighted by Crippen LogP contribution is -1.95. The highest BCUT2D eigenvalue weighted by Crippen LogP contribution is 2.18. The molecule has 1 N–H and O–H groups in total. The van der Waals surface area contributed by atoms with Crippen molar-refractivity contribution in [3.05, 3.63) is 24.5 Å². The van der Waals surface area contributed by atoms with Crippen molar-refractivity contribution in [1.82, 2.24) is 10.2 Å². The molecule has 0 spiro atoms. The molecule has 6 heteroatoms. The van der Waals surface area contributed by atoms with Gasteiger partial charge in [0, 0.05) is 12.8 Å². The van der Waals surface area contributed by atoms with Gasteiger partial charge in [0.15, 0.2) is 0 Å². The van der Waals surface area contributed by atoms with Crippen molar-refractivity contribution >= 4 is 5.97 Å². The molecule has 0 aliphatic rings. The van der Waals surface area contributed by atoms with Crippen molar-refractivity contribution in [2.45, 2.75) is 19.3 Å². The van der Waals surface area contributed by atoms with Gasteiger partial charge in [-0.1, -0.05) is 0 Å². The maximum atomic E-state index is 10.3. The molecular formula is C10H10N2O4. The van der Waals surface area contributed by atoms with E-state index in [0.717, 1.165) is 5.56 Å². The number of rotatable bonds is 5. The minimum absolute atomic E-state index is 0.101. The molecule has 0 atom stereocenters. The standard InChI is InChI=1S/C10H10N2O4/c13-9(14)3-1-2-8-11-12-10(16-8)7-4-5-15-6-7/h4-6H,1-3H2,(H,13,14). The highest BCUT2D eigenvalue weighted by Gasteiger charge is 2.09. The van der Waals surface area contributed by atoms with E-state index >= 15 is 0 Å². The van der Waals surface area contributed by atoms with Gasteiger partial charge in [-0.15, -0.1) is 10.2 Å². The van der Waals surface area contributed by atoms with Crippen LogP contribution in [-0.2, 0) is 11.2 Å². The number of hydrogen-bond acceptors (Lipinski definition) is 5. The van der Waals surface area contributed by atoms with Crippen molar-refractivity contribution in [1.29, 1.82) is 0 Å². The van der Waals surface area contributed by atoms with E-state index in [9.17, 15) is 4.79 Å². The fraction of sp³-hybridized carbons (Fsp3) is 0.300. The normalized spacial score (nSPS) is 10.5. The number of nitrogens with zero attached hydrogens (tertiary/aromatic N) is 2. The van der Waals surface area contributed by atoms with Crippen LogP contribution in [0.2, 0.25) is 0 Å². The Kier molecular flexibility index (Phi) is 3.00. The minimum atomic E-state index is -0.824. The quantitative estimate of drug-likeness (QED) is 0.828. The van der Waals surface area contributed by atoms with Crippen molar-refractivity contribution in [2.24, 2.45) is 0 Å². The second-order valence-corrected chi connectivity index (χ2v) is 3.26. The van der Waals surface area contributed by atoms with E-state index in [1.54, 1.807) is 6.07 Å². The third-order valence-corrected chi connectivity index (χ3v) is 2.02. The van der Waals surface area contributed by atoms with Crippen molar-refractivity contribution < 1.29 is 18.7 Å². The molecular weight excluding hydrogens is 212 g/mol. The van der Waals surface area contributed by atoms with Gasteiger partial charge in [-0.25, -0.2) is 0 Å². The van der Waals surface area contributed by atoms with Crippen LogP contribution >= 0.6 is 0 Å². The molecule has 0 saturated carbocycles. The minimum Gasteiger partial charge on any atom is -0.481 e. The fourth-order valence-electron chi connectivity index (χ4n) is 1.25. The van der Waals surface area contributed by atoms with Gasteiger partial charge in [-0.3, -0.25) is 4.79 Å². The molecule has 16 heavy (non-hydrogen) atoms. The molecule has 2 aromatic rings. The highest BCUT2D eigenvalue weighted by molar-refractivity contribution is 5.66. The second kappa shape index (κ2) is 4.61. The first kappa shape index (κ1) is 10.4. The van der Waals surface area contributed by atoms with E-state index in [-0.39, 0.29) is 6.42 Å². The Morgan fingerprint density at radius 3 is 3.00 bits per heavy atom. The maximum Gasteiger partial charge on any atom is 0.303 e. The van der Waals surface area contributed by atoms with Gasteiger partial charge in [0.25, 0.3) is 5.89 Å². The molecule has 0 amide bonds. The molecule has 0 unspecified atom stereocenters. The molecule has 2 heterocycles. The van der Waals surface area contributed by atoms with Crippen molar-refractivity contribution in [2.75, 3.05) is 0 Å². The summed E-state index contributed by atoms with van der Waals surface area (Å²) in [7, 11) is 0. The van der Waals surface area contributed by atoms with Crippen LogP contribution < -0.4 is 0 Å². The van der Waals surface area contributed by atoms with Crippen LogP contribution in [0, 0.1) is 0 Å². The van der Waals surface area contributed by atoms with Crippen LogP contribution in [0.25, 0.3) is 11.5 Å². The average molecular weight is 222 g/mol. The molecule has 0 saturated heterocycles. The Balaban J connectivity index is 1.95. The van der Waals surface area contributed by atoms with Gasteiger partial charge < -0.3 is 13.9 Å². The summed E-state index contributed by atoms with van der Waals surface area (Å²) in [5.74, 6) is 0.00565. The van der Waals surface area contributed by atoms with Crippen LogP contribution in [0.5, 0.6) is 0 Å². The van der Waals surface area contributed by atoms with Gasteiger partial charge in [0.05, 0.1) is 11.8 Å². The first-order valence-corrected chi connectivity index (χ1v) is 4.82. The Labute approximate surface area is 90.9 Å². The summed E-state index contributed by atoms with van der Waals surface area (Å²) in [6, 6.07) is 1.72. The molecule has 0 aliphatic carbocycles. The monoisotopic (exact) mass is 222 g/mol. The number of hydrogen-bond donors (Lipinski definition) is 1. The van der Waals surface area contributed by atoms with E-state index in [1.807, 2.05) is 0 Å². The topological polar surface area (TPSA) is 89.4 Å². The Morgan fingerprint density at radius 2 is 2.31 bits per heavy atom. The summed E-state index contributed by atoms with van der Waals surface area (Å²) in [6.45, 7) is 0. The fourth-order valence-corrected chi connectivity index (χ4v) is 1.25. The zero-order chi connectivity index (χ0) is 11.4. The zero-order valence-corrected chi connectivity index (χ0v) is 8.42. The third-order valence-electron chi connectivity index (χ3n) is 2.02. The van der Waals surface area contributed by atoms with Gasteiger partial charge >= 0.3 is 5.97 Å². The Bertz CT molecular complexity index is 461. The summed E-state index contributed by atoms with van der Waals surface area (Å²) in [5.41, 5.74) is 0.719. The molecule has 2 rings (SSSR count). The van der Waals surface area contributed by atoms with Crippen LogP contribution in [-0.4, -0.2) is 21.3 Å². The number of carboxylic acid groups (broad SMARTS) is 1. The van der Waals surface area contributed by atoms with E-state index in [4.69, 9.17) is 13.9 Å². The molecule has 84 valence electrons. The SMILES string of the molecule is O=C(O)CCCc1nnc(-c2ccoc2)o1. The summed E-state index contributed by atoms with van der Waals surface area (Å²) in [4.78, 5) is 10.3. The van der Waals surface area contributed by atoms with Crippen LogP contribution in [0.1, 0.15) is 18.7 Å². The second-order valence-electron chi connectivity index (χ2n) is 3.26. The zero-order valence-electron chi connectivity index (χ0n) is 8.42. The summed E-state index contributed by atoms with van der Waals surface area (Å²) in [5, 5.41) is 16.1. The summed E-state index contributed by atoms with van der Waals surface area (Å²) in [6.07, 6.45) is 4.08. The van der Waals surface area contributed by atoms with Crippen LogP contribution in [0.4, 0.5) is 0 Å². The lowest BCUT2D eigenvalue weighted by molar-refractivity contribution is -0.137. The van der Waals surface area contributed by atoms with Gasteiger partial charge in [-0.2, -0.15) is 0 Å².